The molecule has 44 heavy (non-hydrogen) atoms. The van der Waals surface area contributed by atoms with Crippen LogP contribution in [0.4, 0.5) is 0 Å². The molecule has 0 N–H and O–H groups in total. The van der Waals surface area contributed by atoms with Gasteiger partial charge in [-0.3, -0.25) is 4.57 Å². The summed E-state index contributed by atoms with van der Waals surface area (Å²) in [4.78, 5) is 5.43. The van der Waals surface area contributed by atoms with Crippen molar-refractivity contribution in [3.8, 4) is 33.9 Å². The van der Waals surface area contributed by atoms with Gasteiger partial charge in [0.1, 0.15) is 5.82 Å². The van der Waals surface area contributed by atoms with Gasteiger partial charge in [-0.15, -0.1) is 0 Å². The Hall–Kier alpha value is -5.93. The van der Waals surface area contributed by atoms with Gasteiger partial charge in [-0.1, -0.05) is 133 Å². The van der Waals surface area contributed by atoms with E-state index in [-0.39, 0.29) is 0 Å². The van der Waals surface area contributed by atoms with E-state index in [1.807, 2.05) is 0 Å². The molecule has 0 amide bonds. The van der Waals surface area contributed by atoms with Crippen molar-refractivity contribution in [2.75, 3.05) is 0 Å². The Morgan fingerprint density at radius 1 is 0.386 bits per heavy atom. The second kappa shape index (κ2) is 9.82. The topological polar surface area (TPSA) is 22.8 Å². The lowest BCUT2D eigenvalue weighted by Gasteiger charge is -2.13. The predicted molar refractivity (Wildman–Crippen MR) is 184 cm³/mol. The van der Waals surface area contributed by atoms with E-state index >= 15 is 0 Å². The van der Waals surface area contributed by atoms with Gasteiger partial charge in [-0.05, 0) is 41.5 Å². The summed E-state index contributed by atoms with van der Waals surface area (Å²) in [7, 11) is 0. The molecular weight excluding hydrogens is 534 g/mol. The lowest BCUT2D eigenvalue weighted by atomic mass is 10.0. The number of aromatic nitrogens is 3. The van der Waals surface area contributed by atoms with Crippen LogP contribution < -0.4 is 0 Å². The quantitative estimate of drug-likeness (QED) is 0.210. The van der Waals surface area contributed by atoms with E-state index in [4.69, 9.17) is 4.98 Å². The molecule has 0 fully saturated rings. The molecule has 3 heteroatoms. The fourth-order valence-electron chi connectivity index (χ4n) is 6.80. The van der Waals surface area contributed by atoms with E-state index in [9.17, 15) is 0 Å². The molecule has 9 rings (SSSR count). The van der Waals surface area contributed by atoms with Gasteiger partial charge in [0, 0.05) is 38.5 Å². The summed E-state index contributed by atoms with van der Waals surface area (Å²) in [6.45, 7) is 0. The molecule has 3 nitrogen and oxygen atoms in total. The Labute approximate surface area is 254 Å². The van der Waals surface area contributed by atoms with Crippen molar-refractivity contribution in [1.82, 2.24) is 14.1 Å². The Morgan fingerprint density at radius 3 is 1.70 bits per heavy atom. The zero-order chi connectivity index (χ0) is 29.0. The normalized spacial score (nSPS) is 11.6. The van der Waals surface area contributed by atoms with Gasteiger partial charge in [-0.25, -0.2) is 4.98 Å². The van der Waals surface area contributed by atoms with Crippen LogP contribution in [0.3, 0.4) is 0 Å². The zero-order valence-electron chi connectivity index (χ0n) is 23.9. The molecule has 7 aromatic carbocycles. The second-order valence-corrected chi connectivity index (χ2v) is 11.2. The average Bonchev–Trinajstić information content (AvgIpc) is 3.67. The van der Waals surface area contributed by atoms with Gasteiger partial charge < -0.3 is 4.57 Å². The Balaban J connectivity index is 1.50. The van der Waals surface area contributed by atoms with Crippen LogP contribution in [0, 0.1) is 0 Å². The maximum atomic E-state index is 5.43. The van der Waals surface area contributed by atoms with Crippen LogP contribution >= 0.6 is 0 Å². The van der Waals surface area contributed by atoms with Crippen LogP contribution in [0.2, 0.25) is 0 Å². The molecule has 0 aliphatic carbocycles. The molecule has 0 bridgehead atoms. The highest BCUT2D eigenvalue weighted by Gasteiger charge is 2.25. The van der Waals surface area contributed by atoms with Crippen molar-refractivity contribution in [1.29, 1.82) is 0 Å². The summed E-state index contributed by atoms with van der Waals surface area (Å²) in [5.41, 5.74) is 10.2. The van der Waals surface area contributed by atoms with Crippen LogP contribution in [-0.4, -0.2) is 14.1 Å². The third-order valence-electron chi connectivity index (χ3n) is 8.68. The molecule has 9 aromatic rings. The fourth-order valence-corrected chi connectivity index (χ4v) is 6.80. The molecule has 0 aliphatic heterocycles. The van der Waals surface area contributed by atoms with E-state index in [2.05, 4.69) is 173 Å². The monoisotopic (exact) mass is 561 g/mol. The summed E-state index contributed by atoms with van der Waals surface area (Å²) in [6, 6.07) is 58.2. The van der Waals surface area contributed by atoms with E-state index in [0.29, 0.717) is 0 Å². The summed E-state index contributed by atoms with van der Waals surface area (Å²) in [5, 5.41) is 4.75. The summed E-state index contributed by atoms with van der Waals surface area (Å²) in [6.07, 6.45) is 0. The van der Waals surface area contributed by atoms with Crippen molar-refractivity contribution in [3.05, 3.63) is 164 Å². The number of hydrogen-bond donors (Lipinski definition) is 0. The van der Waals surface area contributed by atoms with Crippen molar-refractivity contribution in [2.45, 2.75) is 0 Å². The van der Waals surface area contributed by atoms with Gasteiger partial charge in [0.05, 0.1) is 22.1 Å². The number of benzene rings is 7. The van der Waals surface area contributed by atoms with E-state index < -0.39 is 0 Å². The first-order valence-corrected chi connectivity index (χ1v) is 15.0. The highest BCUT2D eigenvalue weighted by molar-refractivity contribution is 6.31. The Morgan fingerprint density at radius 2 is 0.955 bits per heavy atom. The van der Waals surface area contributed by atoms with Crippen LogP contribution in [0.25, 0.3) is 77.5 Å². The third kappa shape index (κ3) is 3.66. The minimum atomic E-state index is 0.937. The molecule has 0 saturated carbocycles. The zero-order valence-corrected chi connectivity index (χ0v) is 23.9. The lowest BCUT2D eigenvalue weighted by molar-refractivity contribution is 1.11. The number of fused-ring (bicyclic) bond motifs is 8. The first-order valence-electron chi connectivity index (χ1n) is 15.0. The second-order valence-electron chi connectivity index (χ2n) is 11.2. The number of rotatable bonds is 4. The number of imidazole rings is 1. The van der Waals surface area contributed by atoms with Crippen molar-refractivity contribution in [2.24, 2.45) is 0 Å². The maximum absolute atomic E-state index is 5.43. The fraction of sp³-hybridized carbons (Fsp3) is 0. The van der Waals surface area contributed by atoms with Crippen LogP contribution in [-0.2, 0) is 0 Å². The molecule has 206 valence electrons. The molecule has 0 spiro atoms. The molecule has 2 aromatic heterocycles. The molecule has 2 heterocycles. The highest BCUT2D eigenvalue weighted by Crippen LogP contribution is 2.44. The van der Waals surface area contributed by atoms with Gasteiger partial charge in [0.2, 0.25) is 0 Å². The summed E-state index contributed by atoms with van der Waals surface area (Å²) >= 11 is 0. The SMILES string of the molecule is c1ccc(-c2cccc(-n3c4ccccc4c4c5c(nc(-c6ccccc6)n5-c5ccccc5)c5ccccc5c43)c2)cc1. The van der Waals surface area contributed by atoms with Crippen molar-refractivity contribution < 1.29 is 0 Å². The van der Waals surface area contributed by atoms with Gasteiger partial charge >= 0.3 is 0 Å². The molecule has 0 saturated heterocycles. The van der Waals surface area contributed by atoms with Gasteiger partial charge in [-0.2, -0.15) is 0 Å². The minimum absolute atomic E-state index is 0.937. The smallest absolute Gasteiger partial charge is 0.145 e. The predicted octanol–water partition coefficient (Wildman–Crippen LogP) is 10.6. The Bertz CT molecular complexity index is 2470. The number of para-hydroxylation sites is 2. The van der Waals surface area contributed by atoms with Crippen molar-refractivity contribution >= 4 is 43.6 Å². The first kappa shape index (κ1) is 24.6. The summed E-state index contributed by atoms with van der Waals surface area (Å²) < 4.78 is 4.81. The van der Waals surface area contributed by atoms with Crippen LogP contribution in [0.15, 0.2) is 164 Å². The third-order valence-corrected chi connectivity index (χ3v) is 8.68. The van der Waals surface area contributed by atoms with Gasteiger partial charge in [0.15, 0.2) is 0 Å². The van der Waals surface area contributed by atoms with Crippen LogP contribution in [0.1, 0.15) is 0 Å². The standard InChI is InChI=1S/C41H27N3/c1-4-15-28(16-5-1)30-19-14-22-32(27-30)43-36-26-13-12-25-35(36)37-39(43)34-24-11-10-23-33(34)38-40(37)44(31-20-8-3-9-21-31)41(42-38)29-17-6-2-7-18-29/h1-27H. The van der Waals surface area contributed by atoms with Gasteiger partial charge in [0.25, 0.3) is 0 Å². The molecule has 0 unspecified atom stereocenters. The van der Waals surface area contributed by atoms with E-state index in [0.717, 1.165) is 39.2 Å². The minimum Gasteiger partial charge on any atom is -0.309 e. The summed E-state index contributed by atoms with van der Waals surface area (Å²) in [5.74, 6) is 0.937. The number of nitrogens with zero attached hydrogens (tertiary/aromatic N) is 3. The van der Waals surface area contributed by atoms with E-state index in [1.165, 1.54) is 38.3 Å². The average molecular weight is 562 g/mol. The molecule has 0 atom stereocenters. The molecule has 0 radical (unpaired) electrons. The molecule has 0 aliphatic rings. The highest BCUT2D eigenvalue weighted by atomic mass is 15.1. The lowest BCUT2D eigenvalue weighted by Crippen LogP contribution is -1.98. The van der Waals surface area contributed by atoms with E-state index in [1.54, 1.807) is 0 Å². The maximum Gasteiger partial charge on any atom is 0.145 e. The van der Waals surface area contributed by atoms with Crippen LogP contribution in [0.5, 0.6) is 0 Å². The first-order chi connectivity index (χ1) is 21.9. The number of hydrogen-bond acceptors (Lipinski definition) is 1. The van der Waals surface area contributed by atoms with Crippen molar-refractivity contribution in [3.63, 3.8) is 0 Å². The largest absolute Gasteiger partial charge is 0.309 e. The Kier molecular flexibility index (Phi) is 5.50. The molecular formula is C41H27N3.